The highest BCUT2D eigenvalue weighted by Crippen LogP contribution is 2.27. The summed E-state index contributed by atoms with van der Waals surface area (Å²) >= 11 is 0. The fourth-order valence-electron chi connectivity index (χ4n) is 2.20. The molecule has 0 unspecified atom stereocenters. The molecule has 0 fully saturated rings. The van der Waals surface area contributed by atoms with Crippen LogP contribution in [0.1, 0.15) is 16.8 Å². The van der Waals surface area contributed by atoms with Crippen molar-refractivity contribution in [2.24, 2.45) is 7.05 Å². The number of aliphatic hydroxyl groups is 1. The van der Waals surface area contributed by atoms with E-state index >= 15 is 0 Å². The Hall–Kier alpha value is -2.41. The molecule has 0 aliphatic carbocycles. The van der Waals surface area contributed by atoms with Crippen LogP contribution >= 0.6 is 0 Å². The standard InChI is InChI=1S/C14H18N4O3/c1-10-13(18(20)21)14(17(2)16-10)15-8-7-11-3-5-12(9-19)6-4-11/h3-6,15,19H,7-9H2,1-2H3. The highest BCUT2D eigenvalue weighted by molar-refractivity contribution is 5.59. The van der Waals surface area contributed by atoms with E-state index in [2.05, 4.69) is 10.4 Å². The van der Waals surface area contributed by atoms with Crippen LogP contribution in [-0.4, -0.2) is 26.4 Å². The summed E-state index contributed by atoms with van der Waals surface area (Å²) in [5, 5.41) is 27.2. The maximum absolute atomic E-state index is 11.0. The molecule has 0 spiro atoms. The van der Waals surface area contributed by atoms with Crippen LogP contribution in [-0.2, 0) is 20.1 Å². The average molecular weight is 290 g/mol. The minimum absolute atomic E-state index is 0.0214. The zero-order valence-electron chi connectivity index (χ0n) is 12.0. The molecule has 0 aliphatic rings. The van der Waals surface area contributed by atoms with E-state index in [0.29, 0.717) is 18.1 Å². The molecule has 0 atom stereocenters. The Morgan fingerprint density at radius 3 is 2.52 bits per heavy atom. The van der Waals surface area contributed by atoms with Gasteiger partial charge in [-0.25, -0.2) is 4.68 Å². The average Bonchev–Trinajstić information content (AvgIpc) is 2.74. The van der Waals surface area contributed by atoms with Gasteiger partial charge in [0.1, 0.15) is 5.69 Å². The van der Waals surface area contributed by atoms with E-state index in [9.17, 15) is 10.1 Å². The molecule has 0 saturated carbocycles. The largest absolute Gasteiger partial charge is 0.392 e. The number of nitrogens with zero attached hydrogens (tertiary/aromatic N) is 3. The number of hydrogen-bond donors (Lipinski definition) is 2. The van der Waals surface area contributed by atoms with Crippen LogP contribution in [0.3, 0.4) is 0 Å². The lowest BCUT2D eigenvalue weighted by molar-refractivity contribution is -0.384. The van der Waals surface area contributed by atoms with E-state index in [1.807, 2.05) is 24.3 Å². The molecule has 7 nitrogen and oxygen atoms in total. The van der Waals surface area contributed by atoms with Crippen LogP contribution in [0.15, 0.2) is 24.3 Å². The minimum Gasteiger partial charge on any atom is -0.392 e. The molecular formula is C14H18N4O3. The summed E-state index contributed by atoms with van der Waals surface area (Å²) in [6.45, 7) is 2.22. The zero-order valence-corrected chi connectivity index (χ0v) is 12.0. The lowest BCUT2D eigenvalue weighted by Gasteiger charge is -2.06. The predicted octanol–water partition coefficient (Wildman–Crippen LogP) is 1.78. The Morgan fingerprint density at radius 2 is 1.95 bits per heavy atom. The van der Waals surface area contributed by atoms with Crippen molar-refractivity contribution >= 4 is 11.5 Å². The number of hydrogen-bond acceptors (Lipinski definition) is 5. The number of anilines is 1. The number of aliphatic hydroxyl groups excluding tert-OH is 1. The maximum Gasteiger partial charge on any atom is 0.333 e. The third-order valence-corrected chi connectivity index (χ3v) is 3.28. The van der Waals surface area contributed by atoms with Gasteiger partial charge < -0.3 is 10.4 Å². The fraction of sp³-hybridized carbons (Fsp3) is 0.357. The first-order valence-corrected chi connectivity index (χ1v) is 6.63. The van der Waals surface area contributed by atoms with Crippen molar-refractivity contribution < 1.29 is 10.0 Å². The third kappa shape index (κ3) is 3.38. The molecule has 1 aromatic heterocycles. The van der Waals surface area contributed by atoms with Crippen LogP contribution in [0, 0.1) is 17.0 Å². The molecule has 7 heteroatoms. The van der Waals surface area contributed by atoms with E-state index in [-0.39, 0.29) is 12.3 Å². The number of nitro groups is 1. The molecule has 2 N–H and O–H groups in total. The van der Waals surface area contributed by atoms with Crippen molar-refractivity contribution in [2.45, 2.75) is 20.0 Å². The van der Waals surface area contributed by atoms with Gasteiger partial charge in [-0.3, -0.25) is 10.1 Å². The molecule has 2 rings (SSSR count). The summed E-state index contributed by atoms with van der Waals surface area (Å²) in [4.78, 5) is 10.6. The van der Waals surface area contributed by atoms with E-state index in [1.165, 1.54) is 4.68 Å². The molecule has 112 valence electrons. The number of nitrogens with one attached hydrogen (secondary N) is 1. The summed E-state index contributed by atoms with van der Waals surface area (Å²) < 4.78 is 1.49. The first-order valence-electron chi connectivity index (χ1n) is 6.63. The van der Waals surface area contributed by atoms with Gasteiger partial charge in [0, 0.05) is 13.6 Å². The van der Waals surface area contributed by atoms with Crippen molar-refractivity contribution in [2.75, 3.05) is 11.9 Å². The normalized spacial score (nSPS) is 10.6. The van der Waals surface area contributed by atoms with Gasteiger partial charge in [-0.05, 0) is 24.5 Å². The predicted molar refractivity (Wildman–Crippen MR) is 79.2 cm³/mol. The van der Waals surface area contributed by atoms with Crippen LogP contribution in [0.25, 0.3) is 0 Å². The zero-order chi connectivity index (χ0) is 15.4. The van der Waals surface area contributed by atoms with Gasteiger partial charge in [-0.2, -0.15) is 5.10 Å². The van der Waals surface area contributed by atoms with Gasteiger partial charge in [0.25, 0.3) is 0 Å². The summed E-state index contributed by atoms with van der Waals surface area (Å²) in [6.07, 6.45) is 0.729. The lowest BCUT2D eigenvalue weighted by atomic mass is 10.1. The Kier molecular flexibility index (Phi) is 4.54. The molecule has 0 bridgehead atoms. The Balaban J connectivity index is 2.01. The summed E-state index contributed by atoms with van der Waals surface area (Å²) in [7, 11) is 1.68. The summed E-state index contributed by atoms with van der Waals surface area (Å²) in [5.41, 5.74) is 2.39. The summed E-state index contributed by atoms with van der Waals surface area (Å²) in [6, 6.07) is 7.62. The van der Waals surface area contributed by atoms with Crippen LogP contribution in [0.4, 0.5) is 11.5 Å². The molecule has 1 aromatic carbocycles. The smallest absolute Gasteiger partial charge is 0.333 e. The van der Waals surface area contributed by atoms with Crippen molar-refractivity contribution in [3.8, 4) is 0 Å². The van der Waals surface area contributed by atoms with Crippen molar-refractivity contribution in [3.63, 3.8) is 0 Å². The van der Waals surface area contributed by atoms with Crippen LogP contribution in [0.2, 0.25) is 0 Å². The second-order valence-electron chi connectivity index (χ2n) is 4.81. The van der Waals surface area contributed by atoms with E-state index in [4.69, 9.17) is 5.11 Å². The second kappa shape index (κ2) is 6.36. The molecular weight excluding hydrogens is 272 g/mol. The quantitative estimate of drug-likeness (QED) is 0.625. The van der Waals surface area contributed by atoms with Crippen LogP contribution in [0.5, 0.6) is 0 Å². The van der Waals surface area contributed by atoms with Gasteiger partial charge >= 0.3 is 5.69 Å². The molecule has 0 amide bonds. The SMILES string of the molecule is Cc1nn(C)c(NCCc2ccc(CO)cc2)c1[N+](=O)[O-]. The molecule has 0 radical (unpaired) electrons. The van der Waals surface area contributed by atoms with Crippen molar-refractivity contribution in [1.82, 2.24) is 9.78 Å². The number of benzene rings is 1. The molecule has 1 heterocycles. The van der Waals surface area contributed by atoms with Crippen LogP contribution < -0.4 is 5.32 Å². The number of aromatic nitrogens is 2. The number of aryl methyl sites for hydroxylation is 2. The number of rotatable bonds is 6. The first kappa shape index (κ1) is 15.0. The van der Waals surface area contributed by atoms with Gasteiger partial charge in [0.05, 0.1) is 11.5 Å². The minimum atomic E-state index is -0.416. The van der Waals surface area contributed by atoms with Crippen molar-refractivity contribution in [1.29, 1.82) is 0 Å². The van der Waals surface area contributed by atoms with Gasteiger partial charge in [0.2, 0.25) is 5.82 Å². The third-order valence-electron chi connectivity index (χ3n) is 3.28. The monoisotopic (exact) mass is 290 g/mol. The molecule has 0 saturated heterocycles. The van der Waals surface area contributed by atoms with Gasteiger partial charge in [-0.15, -0.1) is 0 Å². The highest BCUT2D eigenvalue weighted by atomic mass is 16.6. The van der Waals surface area contributed by atoms with E-state index in [1.54, 1.807) is 14.0 Å². The van der Waals surface area contributed by atoms with E-state index in [0.717, 1.165) is 17.5 Å². The summed E-state index contributed by atoms with van der Waals surface area (Å²) in [5.74, 6) is 0.421. The first-order chi connectivity index (χ1) is 10.0. The molecule has 21 heavy (non-hydrogen) atoms. The molecule has 0 aliphatic heterocycles. The Morgan fingerprint density at radius 1 is 1.33 bits per heavy atom. The van der Waals surface area contributed by atoms with Crippen molar-refractivity contribution in [3.05, 3.63) is 51.2 Å². The topological polar surface area (TPSA) is 93.2 Å². The maximum atomic E-state index is 11.0. The van der Waals surface area contributed by atoms with Gasteiger partial charge in [-0.1, -0.05) is 24.3 Å². The Bertz CT molecular complexity index is 634. The van der Waals surface area contributed by atoms with Gasteiger partial charge in [0.15, 0.2) is 0 Å². The second-order valence-corrected chi connectivity index (χ2v) is 4.81. The molecule has 2 aromatic rings. The van der Waals surface area contributed by atoms with E-state index < -0.39 is 4.92 Å². The fourth-order valence-corrected chi connectivity index (χ4v) is 2.20. The lowest BCUT2D eigenvalue weighted by Crippen LogP contribution is -2.10. The highest BCUT2D eigenvalue weighted by Gasteiger charge is 2.23. The Labute approximate surface area is 122 Å².